The van der Waals surface area contributed by atoms with Crippen molar-refractivity contribution in [1.82, 2.24) is 4.90 Å². The van der Waals surface area contributed by atoms with E-state index in [1.54, 1.807) is 0 Å². The molecule has 1 aromatic carbocycles. The van der Waals surface area contributed by atoms with Crippen molar-refractivity contribution >= 4 is 5.91 Å². The molecule has 1 atom stereocenters. The summed E-state index contributed by atoms with van der Waals surface area (Å²) < 4.78 is 0. The molecule has 114 valence electrons. The number of nitrogens with two attached hydrogens (primary N) is 1. The maximum atomic E-state index is 12.6. The van der Waals surface area contributed by atoms with Gasteiger partial charge >= 0.3 is 0 Å². The van der Waals surface area contributed by atoms with Crippen LogP contribution in [0, 0.1) is 11.8 Å². The van der Waals surface area contributed by atoms with Crippen LogP contribution in [0.3, 0.4) is 0 Å². The van der Waals surface area contributed by atoms with Gasteiger partial charge in [-0.1, -0.05) is 30.3 Å². The van der Waals surface area contributed by atoms with Crippen molar-refractivity contribution in [3.05, 3.63) is 35.9 Å². The van der Waals surface area contributed by atoms with E-state index in [-0.39, 0.29) is 5.91 Å². The summed E-state index contributed by atoms with van der Waals surface area (Å²) in [6.07, 6.45) is 5.56. The number of hydrogen-bond acceptors (Lipinski definition) is 2. The molecule has 2 aliphatic rings. The van der Waals surface area contributed by atoms with E-state index in [1.807, 2.05) is 11.8 Å². The smallest absolute Gasteiger partial charge is 0.242 e. The van der Waals surface area contributed by atoms with E-state index in [9.17, 15) is 4.79 Å². The quantitative estimate of drug-likeness (QED) is 0.924. The van der Waals surface area contributed by atoms with E-state index in [0.29, 0.717) is 11.8 Å². The normalized spacial score (nSPS) is 22.9. The molecular formula is C18H26N2O. The van der Waals surface area contributed by atoms with Gasteiger partial charge in [-0.05, 0) is 56.4 Å². The lowest BCUT2D eigenvalue weighted by Gasteiger charge is -2.37. The number of hydrogen-bond donors (Lipinski definition) is 1. The summed E-state index contributed by atoms with van der Waals surface area (Å²) in [6.45, 7) is 3.66. The molecule has 0 radical (unpaired) electrons. The number of carbonyl (C=O) groups excluding carboxylic acids is 1. The van der Waals surface area contributed by atoms with E-state index >= 15 is 0 Å². The molecule has 3 nitrogen and oxygen atoms in total. The number of nitrogens with zero attached hydrogens (tertiary/aromatic N) is 1. The fourth-order valence-electron chi connectivity index (χ4n) is 3.49. The minimum atomic E-state index is -0.633. The Labute approximate surface area is 127 Å². The van der Waals surface area contributed by atoms with Crippen molar-refractivity contribution in [3.8, 4) is 0 Å². The first-order chi connectivity index (χ1) is 10.1. The molecule has 1 saturated heterocycles. The molecule has 1 amide bonds. The average molecular weight is 286 g/mol. The molecule has 1 aromatic rings. The molecule has 1 aliphatic heterocycles. The van der Waals surface area contributed by atoms with Gasteiger partial charge in [0.1, 0.15) is 0 Å². The summed E-state index contributed by atoms with van der Waals surface area (Å²) >= 11 is 0. The van der Waals surface area contributed by atoms with Crippen LogP contribution < -0.4 is 5.73 Å². The Bertz CT molecular complexity index is 485. The molecule has 3 heteroatoms. The van der Waals surface area contributed by atoms with Crippen LogP contribution in [0.5, 0.6) is 0 Å². The molecule has 1 aliphatic carbocycles. The zero-order chi connectivity index (χ0) is 14.9. The largest absolute Gasteiger partial charge is 0.341 e. The van der Waals surface area contributed by atoms with Gasteiger partial charge in [-0.25, -0.2) is 0 Å². The van der Waals surface area contributed by atoms with Gasteiger partial charge in [-0.3, -0.25) is 4.79 Å². The molecule has 0 spiro atoms. The third-order valence-electron chi connectivity index (χ3n) is 5.16. The van der Waals surface area contributed by atoms with Crippen molar-refractivity contribution in [2.24, 2.45) is 17.6 Å². The highest BCUT2D eigenvalue weighted by molar-refractivity contribution is 5.86. The Hall–Kier alpha value is -1.35. The van der Waals surface area contributed by atoms with Gasteiger partial charge in [0.15, 0.2) is 0 Å². The molecular weight excluding hydrogens is 260 g/mol. The third kappa shape index (κ3) is 3.29. The van der Waals surface area contributed by atoms with E-state index in [4.69, 9.17) is 5.73 Å². The van der Waals surface area contributed by atoms with Crippen LogP contribution in [0.2, 0.25) is 0 Å². The molecule has 2 N–H and O–H groups in total. The average Bonchev–Trinajstić information content (AvgIpc) is 3.33. The van der Waals surface area contributed by atoms with Gasteiger partial charge in [0.05, 0.1) is 5.54 Å². The fraction of sp³-hybridized carbons (Fsp3) is 0.611. The van der Waals surface area contributed by atoms with Crippen LogP contribution >= 0.6 is 0 Å². The van der Waals surface area contributed by atoms with Gasteiger partial charge < -0.3 is 10.6 Å². The van der Waals surface area contributed by atoms with Gasteiger partial charge in [0.25, 0.3) is 0 Å². The molecule has 21 heavy (non-hydrogen) atoms. The highest BCUT2D eigenvalue weighted by atomic mass is 16.2. The summed E-state index contributed by atoms with van der Waals surface area (Å²) in [4.78, 5) is 14.6. The van der Waals surface area contributed by atoms with Gasteiger partial charge in [0, 0.05) is 13.1 Å². The van der Waals surface area contributed by atoms with Crippen molar-refractivity contribution in [2.75, 3.05) is 13.1 Å². The zero-order valence-corrected chi connectivity index (χ0v) is 12.9. The molecule has 1 heterocycles. The predicted molar refractivity (Wildman–Crippen MR) is 84.8 cm³/mol. The lowest BCUT2D eigenvalue weighted by atomic mass is 9.88. The van der Waals surface area contributed by atoms with Crippen LogP contribution in [0.25, 0.3) is 0 Å². The van der Waals surface area contributed by atoms with Gasteiger partial charge in [-0.2, -0.15) is 0 Å². The van der Waals surface area contributed by atoms with E-state index in [0.717, 1.165) is 45.2 Å². The van der Waals surface area contributed by atoms with E-state index in [2.05, 4.69) is 30.3 Å². The number of benzene rings is 1. The second kappa shape index (κ2) is 5.80. The van der Waals surface area contributed by atoms with Gasteiger partial charge in [0.2, 0.25) is 5.91 Å². The summed E-state index contributed by atoms with van der Waals surface area (Å²) in [5.74, 6) is 1.27. The first-order valence-corrected chi connectivity index (χ1v) is 8.19. The summed E-state index contributed by atoms with van der Waals surface area (Å²) in [7, 11) is 0. The Morgan fingerprint density at radius 1 is 1.19 bits per heavy atom. The molecule has 2 fully saturated rings. The maximum absolute atomic E-state index is 12.6. The zero-order valence-electron chi connectivity index (χ0n) is 12.9. The fourth-order valence-corrected chi connectivity index (χ4v) is 3.49. The predicted octanol–water partition coefficient (Wildman–Crippen LogP) is 2.60. The van der Waals surface area contributed by atoms with Crippen LogP contribution in [0.15, 0.2) is 30.3 Å². The first-order valence-electron chi connectivity index (χ1n) is 8.19. The Morgan fingerprint density at radius 2 is 1.81 bits per heavy atom. The monoisotopic (exact) mass is 286 g/mol. The number of amides is 1. The van der Waals surface area contributed by atoms with Gasteiger partial charge in [-0.15, -0.1) is 0 Å². The van der Waals surface area contributed by atoms with Crippen molar-refractivity contribution in [3.63, 3.8) is 0 Å². The van der Waals surface area contributed by atoms with Crippen LogP contribution in [-0.2, 0) is 11.2 Å². The lowest BCUT2D eigenvalue weighted by Crippen LogP contribution is -2.56. The minimum absolute atomic E-state index is 0.170. The number of likely N-dealkylation sites (tertiary alicyclic amines) is 1. The SMILES string of the molecule is CC(N)(C(=O)N1CCC(Cc2ccccc2)CC1)C1CC1. The minimum Gasteiger partial charge on any atom is -0.341 e. The Morgan fingerprint density at radius 3 is 2.38 bits per heavy atom. The summed E-state index contributed by atoms with van der Waals surface area (Å²) in [5.41, 5.74) is 7.04. The summed E-state index contributed by atoms with van der Waals surface area (Å²) in [6, 6.07) is 10.7. The lowest BCUT2D eigenvalue weighted by molar-refractivity contribution is -0.138. The Balaban J connectivity index is 1.52. The highest BCUT2D eigenvalue weighted by Gasteiger charge is 2.46. The molecule has 0 aromatic heterocycles. The number of piperidine rings is 1. The molecule has 0 bridgehead atoms. The third-order valence-corrected chi connectivity index (χ3v) is 5.16. The second-order valence-electron chi connectivity index (χ2n) is 6.98. The summed E-state index contributed by atoms with van der Waals surface area (Å²) in [5, 5.41) is 0. The standard InChI is InChI=1S/C18H26N2O/c1-18(19,16-7-8-16)17(21)20-11-9-15(10-12-20)13-14-5-3-2-4-6-14/h2-6,15-16H,7-13,19H2,1H3. The Kier molecular flexibility index (Phi) is 4.03. The van der Waals surface area contributed by atoms with E-state index in [1.165, 1.54) is 5.56 Å². The number of rotatable bonds is 4. The topological polar surface area (TPSA) is 46.3 Å². The van der Waals surface area contributed by atoms with Crippen LogP contribution in [0.4, 0.5) is 0 Å². The van der Waals surface area contributed by atoms with Crippen molar-refractivity contribution < 1.29 is 4.79 Å². The molecule has 3 rings (SSSR count). The van der Waals surface area contributed by atoms with Crippen LogP contribution in [-0.4, -0.2) is 29.4 Å². The maximum Gasteiger partial charge on any atom is 0.242 e. The van der Waals surface area contributed by atoms with Crippen molar-refractivity contribution in [2.45, 2.75) is 44.6 Å². The van der Waals surface area contributed by atoms with Crippen molar-refractivity contribution in [1.29, 1.82) is 0 Å². The molecule has 1 unspecified atom stereocenters. The first kappa shape index (κ1) is 14.6. The number of carbonyl (C=O) groups is 1. The highest BCUT2D eigenvalue weighted by Crippen LogP contribution is 2.39. The van der Waals surface area contributed by atoms with Crippen LogP contribution in [0.1, 0.15) is 38.2 Å². The van der Waals surface area contributed by atoms with E-state index < -0.39 is 5.54 Å². The molecule has 1 saturated carbocycles. The second-order valence-corrected chi connectivity index (χ2v) is 6.98.